The molecule has 0 spiro atoms. The van der Waals surface area contributed by atoms with Gasteiger partial charge in [0.2, 0.25) is 11.5 Å². The highest BCUT2D eigenvalue weighted by atomic mass is 35.5. The predicted molar refractivity (Wildman–Crippen MR) is 148 cm³/mol. The van der Waals surface area contributed by atoms with Gasteiger partial charge in [-0.25, -0.2) is 4.79 Å². The van der Waals surface area contributed by atoms with E-state index in [-0.39, 0.29) is 16.6 Å². The van der Waals surface area contributed by atoms with Crippen molar-refractivity contribution in [3.05, 3.63) is 76.8 Å². The van der Waals surface area contributed by atoms with Crippen molar-refractivity contribution in [2.45, 2.75) is 50.2 Å². The molecule has 0 aromatic heterocycles. The molecule has 0 radical (unpaired) electrons. The highest BCUT2D eigenvalue weighted by molar-refractivity contribution is 8.01. The molecule has 0 aliphatic carbocycles. The molecular formula is C29H30ClNO5S. The lowest BCUT2D eigenvalue weighted by Crippen LogP contribution is -2.47. The van der Waals surface area contributed by atoms with Gasteiger partial charge in [-0.3, -0.25) is 9.59 Å². The number of carboxylic acids is 1. The summed E-state index contributed by atoms with van der Waals surface area (Å²) in [6.07, 6.45) is -0.424. The highest BCUT2D eigenvalue weighted by Gasteiger charge is 2.44. The van der Waals surface area contributed by atoms with E-state index in [1.807, 2.05) is 75.4 Å². The average molecular weight is 540 g/mol. The van der Waals surface area contributed by atoms with Crippen LogP contribution in [-0.2, 0) is 14.4 Å². The normalized spacial score (nSPS) is 19.7. The summed E-state index contributed by atoms with van der Waals surface area (Å²) in [5, 5.41) is 21.0. The van der Waals surface area contributed by atoms with Crippen molar-refractivity contribution in [1.29, 1.82) is 0 Å². The van der Waals surface area contributed by atoms with Gasteiger partial charge in [-0.2, -0.15) is 0 Å². The van der Waals surface area contributed by atoms with Gasteiger partial charge in [-0.15, -0.1) is 11.8 Å². The van der Waals surface area contributed by atoms with Gasteiger partial charge in [0.05, 0.1) is 10.5 Å². The van der Waals surface area contributed by atoms with Crippen molar-refractivity contribution in [3.63, 3.8) is 0 Å². The first-order valence-electron chi connectivity index (χ1n) is 12.0. The van der Waals surface area contributed by atoms with Gasteiger partial charge < -0.3 is 15.1 Å². The highest BCUT2D eigenvalue weighted by Crippen LogP contribution is 2.49. The Balaban J connectivity index is 1.92. The van der Waals surface area contributed by atoms with E-state index in [0.29, 0.717) is 17.3 Å². The van der Waals surface area contributed by atoms with Crippen LogP contribution in [0, 0.1) is 5.41 Å². The molecule has 37 heavy (non-hydrogen) atoms. The third kappa shape index (κ3) is 5.54. The van der Waals surface area contributed by atoms with Crippen LogP contribution in [-0.4, -0.2) is 45.3 Å². The van der Waals surface area contributed by atoms with Crippen LogP contribution in [0.25, 0.3) is 10.8 Å². The quantitative estimate of drug-likeness (QED) is 0.380. The number of carbonyl (C=O) groups excluding carboxylic acids is 2. The largest absolute Gasteiger partial charge is 0.479 e. The third-order valence-electron chi connectivity index (χ3n) is 6.47. The lowest BCUT2D eigenvalue weighted by atomic mass is 9.93. The number of carbonyl (C=O) groups is 3. The number of hydrogen-bond donors (Lipinski definition) is 2. The summed E-state index contributed by atoms with van der Waals surface area (Å²) in [6.45, 7) is 7.39. The zero-order valence-electron chi connectivity index (χ0n) is 21.2. The monoisotopic (exact) mass is 539 g/mol. The molecule has 0 bridgehead atoms. The molecule has 194 valence electrons. The van der Waals surface area contributed by atoms with Crippen LogP contribution in [0.15, 0.2) is 60.7 Å². The molecule has 0 fully saturated rings. The Labute approximate surface area is 225 Å². The van der Waals surface area contributed by atoms with Gasteiger partial charge in [-0.05, 0) is 52.4 Å². The Hall–Kier alpha value is -2.87. The van der Waals surface area contributed by atoms with Crippen LogP contribution in [0.2, 0.25) is 5.02 Å². The number of benzene rings is 3. The smallest absolute Gasteiger partial charge is 0.343 e. The second-order valence-electron chi connectivity index (χ2n) is 10.8. The first kappa shape index (κ1) is 27.2. The minimum absolute atomic E-state index is 0.266. The van der Waals surface area contributed by atoms with Crippen LogP contribution in [0.4, 0.5) is 5.69 Å². The lowest BCUT2D eigenvalue weighted by molar-refractivity contribution is -0.163. The van der Waals surface area contributed by atoms with Gasteiger partial charge in [0.15, 0.2) is 5.78 Å². The summed E-state index contributed by atoms with van der Waals surface area (Å²) in [5.74, 6) is -2.86. The summed E-state index contributed by atoms with van der Waals surface area (Å²) in [4.78, 5) is 40.2. The van der Waals surface area contributed by atoms with E-state index in [1.54, 1.807) is 11.0 Å². The Bertz CT molecular complexity index is 1370. The molecule has 3 atom stereocenters. The number of fused-ring (bicyclic) bond motifs is 2. The standard InChI is InChI=1S/C29H30ClNO5S/c1-28(2,3)16-31-22-13-12-18(30)14-21(22)25(20-11-7-9-17-8-5-6-10-19(17)20)37-23(26(31)33)15-24(32)29(4,36)27(34)35/h5-14,23,25,36H,15-16H2,1-4H3,(H,34,35). The number of anilines is 1. The van der Waals surface area contributed by atoms with Crippen molar-refractivity contribution < 1.29 is 24.6 Å². The number of halogens is 1. The number of amides is 1. The summed E-state index contributed by atoms with van der Waals surface area (Å²) >= 11 is 7.76. The van der Waals surface area contributed by atoms with Crippen LogP contribution >= 0.6 is 23.4 Å². The van der Waals surface area contributed by atoms with Crippen molar-refractivity contribution in [1.82, 2.24) is 0 Å². The molecule has 1 heterocycles. The number of Topliss-reactive ketones (excluding diaryl/α,β-unsaturated/α-hetero) is 1. The molecule has 3 aromatic carbocycles. The van der Waals surface area contributed by atoms with Crippen LogP contribution in [0.3, 0.4) is 0 Å². The topological polar surface area (TPSA) is 94.9 Å². The first-order valence-corrected chi connectivity index (χ1v) is 13.3. The number of hydrogen-bond acceptors (Lipinski definition) is 5. The van der Waals surface area contributed by atoms with Gasteiger partial charge in [0, 0.05) is 23.7 Å². The number of aliphatic hydroxyl groups is 1. The van der Waals surface area contributed by atoms with Crippen molar-refractivity contribution in [2.24, 2.45) is 5.41 Å². The van der Waals surface area contributed by atoms with E-state index in [1.165, 1.54) is 11.8 Å². The van der Waals surface area contributed by atoms with Crippen LogP contribution in [0.5, 0.6) is 0 Å². The Kier molecular flexibility index (Phi) is 7.43. The summed E-state index contributed by atoms with van der Waals surface area (Å²) < 4.78 is 0. The number of aliphatic carboxylic acids is 1. The van der Waals surface area contributed by atoms with Crippen LogP contribution in [0.1, 0.15) is 50.5 Å². The molecule has 3 unspecified atom stereocenters. The fourth-order valence-corrected chi connectivity index (χ4v) is 6.24. The minimum atomic E-state index is -2.59. The van der Waals surface area contributed by atoms with Crippen molar-refractivity contribution >= 4 is 57.5 Å². The van der Waals surface area contributed by atoms with E-state index < -0.39 is 29.0 Å². The molecule has 0 saturated carbocycles. The maximum atomic E-state index is 14.0. The molecule has 2 N–H and O–H groups in total. The zero-order valence-corrected chi connectivity index (χ0v) is 22.8. The Morgan fingerprint density at radius 2 is 1.68 bits per heavy atom. The molecule has 8 heteroatoms. The third-order valence-corrected chi connectivity index (χ3v) is 8.19. The Morgan fingerprint density at radius 3 is 2.35 bits per heavy atom. The van der Waals surface area contributed by atoms with E-state index in [2.05, 4.69) is 0 Å². The predicted octanol–water partition coefficient (Wildman–Crippen LogP) is 5.87. The van der Waals surface area contributed by atoms with Gasteiger partial charge in [0.25, 0.3) is 0 Å². The summed E-state index contributed by atoms with van der Waals surface area (Å²) in [7, 11) is 0. The van der Waals surface area contributed by atoms with E-state index >= 15 is 0 Å². The fourth-order valence-electron chi connectivity index (χ4n) is 4.55. The molecule has 6 nitrogen and oxygen atoms in total. The maximum absolute atomic E-state index is 14.0. The van der Waals surface area contributed by atoms with E-state index in [0.717, 1.165) is 28.8 Å². The second-order valence-corrected chi connectivity index (χ2v) is 12.5. The fraction of sp³-hybridized carbons (Fsp3) is 0.345. The first-order chi connectivity index (χ1) is 17.3. The number of carboxylic acid groups (broad SMARTS) is 1. The van der Waals surface area contributed by atoms with Gasteiger partial charge in [-0.1, -0.05) is 74.8 Å². The van der Waals surface area contributed by atoms with Gasteiger partial charge in [0.1, 0.15) is 0 Å². The molecule has 1 amide bonds. The number of nitrogens with zero attached hydrogens (tertiary/aromatic N) is 1. The Morgan fingerprint density at radius 1 is 1.00 bits per heavy atom. The van der Waals surface area contributed by atoms with Crippen molar-refractivity contribution in [2.75, 3.05) is 11.4 Å². The van der Waals surface area contributed by atoms with E-state index in [4.69, 9.17) is 11.6 Å². The number of rotatable bonds is 6. The molecule has 0 saturated heterocycles. The zero-order chi connectivity index (χ0) is 27.1. The molecule has 4 rings (SSSR count). The summed E-state index contributed by atoms with van der Waals surface area (Å²) in [5.41, 5.74) is -0.356. The van der Waals surface area contributed by atoms with E-state index in [9.17, 15) is 24.6 Å². The van der Waals surface area contributed by atoms with Crippen molar-refractivity contribution in [3.8, 4) is 0 Å². The average Bonchev–Trinajstić information content (AvgIpc) is 2.93. The minimum Gasteiger partial charge on any atom is -0.479 e. The SMILES string of the molecule is CC(C)(C)CN1C(=O)C(CC(=O)C(C)(O)C(=O)O)SC(c2cccc3ccccc23)c2cc(Cl)ccc21. The maximum Gasteiger partial charge on any atom is 0.343 e. The molecular weight excluding hydrogens is 510 g/mol. The lowest BCUT2D eigenvalue weighted by Gasteiger charge is -2.32. The van der Waals surface area contributed by atoms with Crippen LogP contribution < -0.4 is 4.90 Å². The number of ketones is 1. The second kappa shape index (κ2) is 10.1. The number of thioether (sulfide) groups is 1. The molecule has 1 aliphatic rings. The molecule has 1 aliphatic heterocycles. The molecule has 3 aromatic rings. The van der Waals surface area contributed by atoms with Gasteiger partial charge >= 0.3 is 5.97 Å². The summed E-state index contributed by atoms with van der Waals surface area (Å²) in [6, 6.07) is 19.4.